The van der Waals surface area contributed by atoms with Crippen molar-refractivity contribution in [3.05, 3.63) is 75.2 Å². The predicted octanol–water partition coefficient (Wildman–Crippen LogP) is 5.32. The maximum absolute atomic E-state index is 5.46. The van der Waals surface area contributed by atoms with Crippen molar-refractivity contribution in [1.82, 2.24) is 4.68 Å². The van der Waals surface area contributed by atoms with Crippen molar-refractivity contribution in [3.63, 3.8) is 0 Å². The number of aromatic nitrogens is 1. The Morgan fingerprint density at radius 2 is 2.04 bits per heavy atom. The molecule has 3 aromatic rings. The minimum Gasteiger partial charge on any atom is -0.463 e. The molecule has 0 N–H and O–H groups in total. The molecule has 0 atom stereocenters. The maximum Gasteiger partial charge on any atom is 0.206 e. The standard InChI is InChI=1S/C19H18BrN3OS/c1-13(2)11-21-19-23(22-14(3)18-9-6-10-24-18)17(12-25-19)15-7-4-5-8-16(15)20/h4-10,12H,1,11H2,2-3H3. The molecule has 0 saturated heterocycles. The second-order valence-corrected chi connectivity index (χ2v) is 7.32. The quantitative estimate of drug-likeness (QED) is 0.410. The van der Waals surface area contributed by atoms with Gasteiger partial charge in [-0.05, 0) is 32.0 Å². The van der Waals surface area contributed by atoms with Gasteiger partial charge in [0.25, 0.3) is 0 Å². The summed E-state index contributed by atoms with van der Waals surface area (Å²) in [7, 11) is 0. The number of benzene rings is 1. The lowest BCUT2D eigenvalue weighted by Crippen LogP contribution is -2.14. The molecule has 0 saturated carbocycles. The molecular formula is C19H18BrN3OS. The molecule has 25 heavy (non-hydrogen) atoms. The Hall–Kier alpha value is -2.18. The van der Waals surface area contributed by atoms with E-state index in [0.29, 0.717) is 6.54 Å². The smallest absolute Gasteiger partial charge is 0.206 e. The van der Waals surface area contributed by atoms with Crippen LogP contribution in [0.2, 0.25) is 0 Å². The zero-order valence-corrected chi connectivity index (χ0v) is 16.5. The van der Waals surface area contributed by atoms with Gasteiger partial charge >= 0.3 is 0 Å². The third kappa shape index (κ3) is 4.08. The third-order valence-electron chi connectivity index (χ3n) is 3.45. The molecule has 2 aromatic heterocycles. The van der Waals surface area contributed by atoms with Gasteiger partial charge in [-0.1, -0.05) is 46.3 Å². The van der Waals surface area contributed by atoms with Gasteiger partial charge in [-0.2, -0.15) is 5.10 Å². The average Bonchev–Trinajstić information content (AvgIpc) is 3.24. The molecule has 0 amide bonds. The van der Waals surface area contributed by atoms with Crippen molar-refractivity contribution in [2.75, 3.05) is 6.54 Å². The van der Waals surface area contributed by atoms with E-state index < -0.39 is 0 Å². The lowest BCUT2D eigenvalue weighted by Gasteiger charge is -2.07. The number of halogens is 1. The fourth-order valence-corrected chi connectivity index (χ4v) is 3.55. The van der Waals surface area contributed by atoms with E-state index >= 15 is 0 Å². The van der Waals surface area contributed by atoms with Crippen molar-refractivity contribution in [1.29, 1.82) is 0 Å². The van der Waals surface area contributed by atoms with Crippen LogP contribution >= 0.6 is 27.3 Å². The first-order chi connectivity index (χ1) is 12.1. The molecular weight excluding hydrogens is 398 g/mol. The molecule has 1 aromatic carbocycles. The lowest BCUT2D eigenvalue weighted by molar-refractivity contribution is 0.556. The summed E-state index contributed by atoms with van der Waals surface area (Å²) in [6.07, 6.45) is 1.65. The molecule has 0 spiro atoms. The van der Waals surface area contributed by atoms with Gasteiger partial charge in [-0.25, -0.2) is 4.68 Å². The summed E-state index contributed by atoms with van der Waals surface area (Å²) in [5.41, 5.74) is 3.83. The van der Waals surface area contributed by atoms with Crippen LogP contribution in [-0.2, 0) is 0 Å². The molecule has 3 rings (SSSR count). The van der Waals surface area contributed by atoms with E-state index in [2.05, 4.69) is 38.9 Å². The summed E-state index contributed by atoms with van der Waals surface area (Å²) >= 11 is 5.18. The Morgan fingerprint density at radius 1 is 1.24 bits per heavy atom. The molecule has 0 unspecified atom stereocenters. The summed E-state index contributed by atoms with van der Waals surface area (Å²) in [5.74, 6) is 0.739. The van der Waals surface area contributed by atoms with Crippen LogP contribution < -0.4 is 4.80 Å². The zero-order valence-electron chi connectivity index (χ0n) is 14.1. The molecule has 128 valence electrons. The molecule has 2 heterocycles. The van der Waals surface area contributed by atoms with Crippen molar-refractivity contribution < 1.29 is 4.42 Å². The Labute approximate surface area is 159 Å². The van der Waals surface area contributed by atoms with Gasteiger partial charge in [-0.3, -0.25) is 4.99 Å². The van der Waals surface area contributed by atoms with E-state index in [1.54, 1.807) is 17.6 Å². The maximum atomic E-state index is 5.46. The van der Waals surface area contributed by atoms with Gasteiger partial charge in [0.1, 0.15) is 11.5 Å². The minimum atomic E-state index is 0.575. The highest BCUT2D eigenvalue weighted by molar-refractivity contribution is 9.10. The highest BCUT2D eigenvalue weighted by Crippen LogP contribution is 2.28. The summed E-state index contributed by atoms with van der Waals surface area (Å²) in [5, 5.41) is 6.83. The van der Waals surface area contributed by atoms with E-state index in [1.165, 1.54) is 0 Å². The second kappa shape index (κ2) is 7.80. The Balaban J connectivity index is 2.17. The molecule has 0 aliphatic carbocycles. The van der Waals surface area contributed by atoms with E-state index in [1.807, 2.05) is 48.9 Å². The zero-order chi connectivity index (χ0) is 17.8. The fourth-order valence-electron chi connectivity index (χ4n) is 2.25. The van der Waals surface area contributed by atoms with E-state index in [-0.39, 0.29) is 0 Å². The van der Waals surface area contributed by atoms with E-state index in [9.17, 15) is 0 Å². The number of thiazole rings is 1. The number of hydrogen-bond acceptors (Lipinski definition) is 4. The van der Waals surface area contributed by atoms with Gasteiger partial charge in [-0.15, -0.1) is 11.3 Å². The first-order valence-corrected chi connectivity index (χ1v) is 9.43. The molecule has 0 aliphatic rings. The molecule has 0 radical (unpaired) electrons. The second-order valence-electron chi connectivity index (χ2n) is 5.63. The average molecular weight is 416 g/mol. The normalized spacial score (nSPS) is 12.6. The van der Waals surface area contributed by atoms with Gasteiger partial charge < -0.3 is 4.42 Å². The molecule has 6 heteroatoms. The van der Waals surface area contributed by atoms with E-state index in [0.717, 1.165) is 37.6 Å². The van der Waals surface area contributed by atoms with Gasteiger partial charge in [0.2, 0.25) is 4.80 Å². The molecule has 4 nitrogen and oxygen atoms in total. The Kier molecular flexibility index (Phi) is 5.50. The monoisotopic (exact) mass is 415 g/mol. The largest absolute Gasteiger partial charge is 0.463 e. The SMILES string of the molecule is C=C(C)CN=c1scc(-c2ccccc2Br)n1N=C(C)c1ccco1. The molecule has 0 aliphatic heterocycles. The number of hydrogen-bond donors (Lipinski definition) is 0. The number of furan rings is 1. The topological polar surface area (TPSA) is 42.8 Å². The summed E-state index contributed by atoms with van der Waals surface area (Å²) in [6.45, 7) is 8.39. The van der Waals surface area contributed by atoms with Crippen LogP contribution in [0.25, 0.3) is 11.3 Å². The summed E-state index contributed by atoms with van der Waals surface area (Å²) in [4.78, 5) is 5.46. The van der Waals surface area contributed by atoms with Crippen LogP contribution in [0.4, 0.5) is 0 Å². The first-order valence-electron chi connectivity index (χ1n) is 7.76. The van der Waals surface area contributed by atoms with Gasteiger partial charge in [0.15, 0.2) is 0 Å². The van der Waals surface area contributed by atoms with Crippen LogP contribution in [0.15, 0.2) is 79.2 Å². The minimum absolute atomic E-state index is 0.575. The van der Waals surface area contributed by atoms with Crippen LogP contribution in [0.5, 0.6) is 0 Å². The van der Waals surface area contributed by atoms with Crippen molar-refractivity contribution in [2.45, 2.75) is 13.8 Å². The predicted molar refractivity (Wildman–Crippen MR) is 107 cm³/mol. The van der Waals surface area contributed by atoms with Crippen molar-refractivity contribution in [2.24, 2.45) is 10.1 Å². The number of nitrogens with zero attached hydrogens (tertiary/aromatic N) is 3. The fraction of sp³-hybridized carbons (Fsp3) is 0.158. The van der Waals surface area contributed by atoms with Crippen LogP contribution in [-0.4, -0.2) is 16.9 Å². The Morgan fingerprint density at radius 3 is 2.72 bits per heavy atom. The van der Waals surface area contributed by atoms with Crippen LogP contribution in [0.3, 0.4) is 0 Å². The first kappa shape index (κ1) is 17.6. The summed E-state index contributed by atoms with van der Waals surface area (Å²) in [6, 6.07) is 11.8. The van der Waals surface area contributed by atoms with Gasteiger partial charge in [0.05, 0.1) is 18.5 Å². The van der Waals surface area contributed by atoms with Gasteiger partial charge in [0, 0.05) is 15.4 Å². The molecule has 0 bridgehead atoms. The highest BCUT2D eigenvalue weighted by Gasteiger charge is 2.11. The van der Waals surface area contributed by atoms with Crippen LogP contribution in [0, 0.1) is 0 Å². The summed E-state index contributed by atoms with van der Waals surface area (Å²) < 4.78 is 8.34. The van der Waals surface area contributed by atoms with Crippen molar-refractivity contribution >= 4 is 33.0 Å². The van der Waals surface area contributed by atoms with Crippen molar-refractivity contribution in [3.8, 4) is 11.3 Å². The third-order valence-corrected chi connectivity index (χ3v) is 4.99. The molecule has 0 fully saturated rings. The number of rotatable bonds is 5. The Bertz CT molecular complexity index is 980. The highest BCUT2D eigenvalue weighted by atomic mass is 79.9. The van der Waals surface area contributed by atoms with E-state index in [4.69, 9.17) is 9.52 Å². The van der Waals surface area contributed by atoms with Crippen LogP contribution in [0.1, 0.15) is 19.6 Å². The lowest BCUT2D eigenvalue weighted by atomic mass is 10.2.